The highest BCUT2D eigenvalue weighted by Crippen LogP contribution is 2.60. The first kappa shape index (κ1) is 29.0. The number of likely N-dealkylation sites (tertiary alicyclic amines) is 2. The molecule has 9 nitrogen and oxygen atoms in total. The van der Waals surface area contributed by atoms with Crippen LogP contribution in [0.25, 0.3) is 33.6 Å². The van der Waals surface area contributed by atoms with Crippen LogP contribution in [0.2, 0.25) is 0 Å². The maximum atomic E-state index is 14.0. The van der Waals surface area contributed by atoms with E-state index in [-0.39, 0.29) is 17.7 Å². The van der Waals surface area contributed by atoms with Gasteiger partial charge in [-0.15, -0.1) is 0 Å². The maximum Gasteiger partial charge on any atom is 0.254 e. The number of rotatable bonds is 8. The standard InChI is InChI=1S/C38H37IN6O3/c1-48-32-15-26(38(47)44-20-27-11-25-14-30(44)33(25)27)12-29-34(32)45(19-22-16-42(17-22)37(46)23-6-8-28(39)9-7-23)36(41-29)31-13-24-3-2-10-40-35(24)43(31)18-21-4-5-21/h2-3,6-10,12-13,15,21-22,25,27,30,33H,4-5,11,14,16-20H2,1H3/t25?,27?,30?,33-/m1/s1. The van der Waals surface area contributed by atoms with Crippen LogP contribution in [-0.4, -0.2) is 73.5 Å². The van der Waals surface area contributed by atoms with Gasteiger partial charge in [-0.3, -0.25) is 9.59 Å². The first-order valence-corrected chi connectivity index (χ1v) is 18.4. The average molecular weight is 753 g/mol. The SMILES string of the molecule is COc1cc(C(=O)N2CC3CC4CC2[C@H]43)cc2nc(-c3cc4cccnc4n3CC3CC3)n(CC3CN(C(=O)c4ccc(I)cc4)C3)c12. The van der Waals surface area contributed by atoms with Crippen LogP contribution in [0.1, 0.15) is 46.4 Å². The molecule has 2 aromatic carbocycles. The number of carbonyl (C=O) groups is 2. The Bertz CT molecular complexity index is 2130. The minimum atomic E-state index is 0.0721. The zero-order valence-electron chi connectivity index (χ0n) is 26.9. The van der Waals surface area contributed by atoms with Gasteiger partial charge >= 0.3 is 0 Å². The summed E-state index contributed by atoms with van der Waals surface area (Å²) in [6.07, 6.45) is 6.75. The second-order valence-corrected chi connectivity index (χ2v) is 16.0. The third-order valence-corrected chi connectivity index (χ3v) is 12.6. The molecule has 3 aliphatic carbocycles. The molecular weight excluding hydrogens is 715 g/mol. The molecule has 3 aromatic heterocycles. The number of halogens is 1. The van der Waals surface area contributed by atoms with Crippen LogP contribution in [0, 0.1) is 33.2 Å². The fraction of sp³-hybridized carbons (Fsp3) is 0.421. The molecule has 5 fully saturated rings. The number of imidazole rings is 1. The molecule has 244 valence electrons. The van der Waals surface area contributed by atoms with E-state index in [2.05, 4.69) is 48.8 Å². The summed E-state index contributed by atoms with van der Waals surface area (Å²) in [7, 11) is 1.69. The number of aromatic nitrogens is 4. The molecular formula is C38H37IN6O3. The van der Waals surface area contributed by atoms with E-state index in [0.29, 0.717) is 54.7 Å². The Hall–Kier alpha value is -3.93. The molecule has 3 unspecified atom stereocenters. The van der Waals surface area contributed by atoms with Crippen molar-refractivity contribution in [3.05, 3.63) is 75.5 Å². The molecule has 5 aromatic rings. The molecule has 0 radical (unpaired) electrons. The normalized spacial score (nSPS) is 24.4. The van der Waals surface area contributed by atoms with Gasteiger partial charge in [-0.1, -0.05) is 0 Å². The zero-order valence-corrected chi connectivity index (χ0v) is 29.0. The number of nitrogens with zero attached hydrogens (tertiary/aromatic N) is 6. The average Bonchev–Trinajstić information content (AvgIpc) is 3.72. The number of benzene rings is 2. The number of amides is 2. The van der Waals surface area contributed by atoms with Gasteiger partial charge in [0.2, 0.25) is 0 Å². The number of ether oxygens (including phenoxy) is 1. The van der Waals surface area contributed by atoms with Crippen molar-refractivity contribution >= 4 is 56.5 Å². The molecule has 4 atom stereocenters. The van der Waals surface area contributed by atoms with Crippen molar-refractivity contribution in [2.45, 2.75) is 44.8 Å². The lowest BCUT2D eigenvalue weighted by atomic mass is 9.53. The first-order chi connectivity index (χ1) is 23.4. The Morgan fingerprint density at radius 3 is 2.46 bits per heavy atom. The molecule has 0 bridgehead atoms. The van der Waals surface area contributed by atoms with Crippen LogP contribution in [0.5, 0.6) is 5.75 Å². The van der Waals surface area contributed by atoms with E-state index in [9.17, 15) is 9.59 Å². The smallest absolute Gasteiger partial charge is 0.254 e. The number of hydrogen-bond acceptors (Lipinski definition) is 5. The highest BCUT2D eigenvalue weighted by atomic mass is 127. The van der Waals surface area contributed by atoms with Crippen molar-refractivity contribution in [2.24, 2.45) is 29.6 Å². The van der Waals surface area contributed by atoms with Crippen LogP contribution in [-0.2, 0) is 13.1 Å². The summed E-state index contributed by atoms with van der Waals surface area (Å²) in [5, 5.41) is 1.09. The van der Waals surface area contributed by atoms with E-state index in [1.807, 2.05) is 53.6 Å². The molecule has 10 heteroatoms. The summed E-state index contributed by atoms with van der Waals surface area (Å²) < 4.78 is 11.8. The van der Waals surface area contributed by atoms with E-state index < -0.39 is 0 Å². The molecule has 5 heterocycles. The Balaban J connectivity index is 1.04. The third kappa shape index (κ3) is 4.46. The minimum absolute atomic E-state index is 0.0721. The molecule has 5 aliphatic rings. The van der Waals surface area contributed by atoms with Crippen LogP contribution in [0.15, 0.2) is 60.8 Å². The van der Waals surface area contributed by atoms with E-state index in [4.69, 9.17) is 14.7 Å². The summed E-state index contributed by atoms with van der Waals surface area (Å²) >= 11 is 2.26. The monoisotopic (exact) mass is 752 g/mol. The molecule has 2 saturated heterocycles. The van der Waals surface area contributed by atoms with Crippen LogP contribution in [0.3, 0.4) is 0 Å². The van der Waals surface area contributed by atoms with E-state index >= 15 is 0 Å². The second-order valence-electron chi connectivity index (χ2n) is 14.8. The van der Waals surface area contributed by atoms with Crippen LogP contribution in [0.4, 0.5) is 0 Å². The Kier molecular flexibility index (Phi) is 6.52. The maximum absolute atomic E-state index is 14.0. The van der Waals surface area contributed by atoms with Crippen molar-refractivity contribution in [2.75, 3.05) is 26.7 Å². The van der Waals surface area contributed by atoms with E-state index in [0.717, 1.165) is 68.1 Å². The van der Waals surface area contributed by atoms with Gasteiger partial charge in [0.15, 0.2) is 5.82 Å². The first-order valence-electron chi connectivity index (χ1n) is 17.3. The molecule has 3 saturated carbocycles. The minimum Gasteiger partial charge on any atom is -0.494 e. The highest BCUT2D eigenvalue weighted by molar-refractivity contribution is 14.1. The Morgan fingerprint density at radius 2 is 1.71 bits per heavy atom. The molecule has 2 amide bonds. The topological polar surface area (TPSA) is 85.5 Å². The second kappa shape index (κ2) is 10.8. The Labute approximate surface area is 292 Å². The van der Waals surface area contributed by atoms with Crippen LogP contribution >= 0.6 is 22.6 Å². The van der Waals surface area contributed by atoms with Crippen LogP contribution < -0.4 is 4.74 Å². The van der Waals surface area contributed by atoms with Gasteiger partial charge in [0, 0.05) is 71.0 Å². The zero-order chi connectivity index (χ0) is 32.3. The van der Waals surface area contributed by atoms with E-state index in [1.165, 1.54) is 19.3 Å². The lowest BCUT2D eigenvalue weighted by Gasteiger charge is -2.52. The van der Waals surface area contributed by atoms with Crippen molar-refractivity contribution in [3.63, 3.8) is 0 Å². The lowest BCUT2D eigenvalue weighted by molar-refractivity contribution is -0.0204. The van der Waals surface area contributed by atoms with Crippen molar-refractivity contribution in [3.8, 4) is 17.3 Å². The molecule has 0 spiro atoms. The van der Waals surface area contributed by atoms with Gasteiger partial charge in [0.25, 0.3) is 11.8 Å². The van der Waals surface area contributed by atoms with Gasteiger partial charge in [-0.2, -0.15) is 0 Å². The molecule has 2 aliphatic heterocycles. The largest absolute Gasteiger partial charge is 0.494 e. The quantitative estimate of drug-likeness (QED) is 0.173. The molecule has 10 rings (SSSR count). The van der Waals surface area contributed by atoms with Gasteiger partial charge in [-0.05, 0) is 127 Å². The number of pyridine rings is 1. The number of fused-ring (bicyclic) bond motifs is 2. The number of hydrogen-bond donors (Lipinski definition) is 0. The van der Waals surface area contributed by atoms with Gasteiger partial charge in [0.05, 0.1) is 18.3 Å². The van der Waals surface area contributed by atoms with Crippen molar-refractivity contribution in [1.29, 1.82) is 0 Å². The van der Waals surface area contributed by atoms with Gasteiger partial charge in [0.1, 0.15) is 16.9 Å². The molecule has 48 heavy (non-hydrogen) atoms. The summed E-state index contributed by atoms with van der Waals surface area (Å²) in [5.74, 6) is 4.82. The predicted octanol–water partition coefficient (Wildman–Crippen LogP) is 6.33. The fourth-order valence-corrected chi connectivity index (χ4v) is 9.51. The Morgan fingerprint density at radius 1 is 0.896 bits per heavy atom. The summed E-state index contributed by atoms with van der Waals surface area (Å²) in [6, 6.07) is 18.4. The summed E-state index contributed by atoms with van der Waals surface area (Å²) in [6.45, 7) is 3.81. The van der Waals surface area contributed by atoms with Crippen molar-refractivity contribution < 1.29 is 14.3 Å². The van der Waals surface area contributed by atoms with E-state index in [1.54, 1.807) is 7.11 Å². The molecule has 0 N–H and O–H groups in total. The fourth-order valence-electron chi connectivity index (χ4n) is 9.15. The van der Waals surface area contributed by atoms with Gasteiger partial charge < -0.3 is 23.7 Å². The van der Waals surface area contributed by atoms with Crippen molar-refractivity contribution in [1.82, 2.24) is 28.9 Å². The van der Waals surface area contributed by atoms with Gasteiger partial charge in [-0.25, -0.2) is 9.97 Å². The summed E-state index contributed by atoms with van der Waals surface area (Å²) in [4.78, 5) is 41.5. The predicted molar refractivity (Wildman–Crippen MR) is 191 cm³/mol. The lowest BCUT2D eigenvalue weighted by Crippen LogP contribution is -2.53. The summed E-state index contributed by atoms with van der Waals surface area (Å²) in [5.41, 5.74) is 5.04. The third-order valence-electron chi connectivity index (χ3n) is 11.8. The number of methoxy groups -OCH3 is 1. The number of carbonyl (C=O) groups excluding carboxylic acids is 2. The highest BCUT2D eigenvalue weighted by Gasteiger charge is 2.61.